The highest BCUT2D eigenvalue weighted by Gasteiger charge is 2.25. The van der Waals surface area contributed by atoms with E-state index in [1.165, 1.54) is 0 Å². The predicted octanol–water partition coefficient (Wildman–Crippen LogP) is 1.14. The Morgan fingerprint density at radius 1 is 1.53 bits per heavy atom. The average molecular weight is 290 g/mol. The van der Waals surface area contributed by atoms with Crippen LogP contribution in [0.1, 0.15) is 26.2 Å². The van der Waals surface area contributed by atoms with Crippen LogP contribution in [0.15, 0.2) is 23.4 Å². The zero-order valence-corrected chi connectivity index (χ0v) is 11.2. The summed E-state index contributed by atoms with van der Waals surface area (Å²) in [5.41, 5.74) is 0. The first kappa shape index (κ1) is 15.5. The van der Waals surface area contributed by atoms with Gasteiger partial charge in [-0.05, 0) is 12.5 Å². The van der Waals surface area contributed by atoms with Crippen molar-refractivity contribution in [3.05, 3.63) is 24.3 Å². The summed E-state index contributed by atoms with van der Waals surface area (Å²) in [5, 5.41) is 8.95. The minimum absolute atomic E-state index is 0.174. The molecule has 0 bridgehead atoms. The second-order valence-electron chi connectivity index (χ2n) is 3.99. The van der Waals surface area contributed by atoms with Crippen LogP contribution in [0.25, 0.3) is 0 Å². The van der Waals surface area contributed by atoms with Crippen LogP contribution in [0.2, 0.25) is 0 Å². The second kappa shape index (κ2) is 6.58. The number of carboxylic acid groups (broad SMARTS) is 1. The Hall–Kier alpha value is -1.54. The van der Waals surface area contributed by atoms with Gasteiger partial charge in [-0.2, -0.15) is 4.72 Å². The quantitative estimate of drug-likeness (QED) is 0.785. The Bertz CT molecular complexity index is 547. The van der Waals surface area contributed by atoms with Crippen LogP contribution in [0, 0.1) is 5.82 Å². The maximum atomic E-state index is 12.9. The monoisotopic (exact) mass is 290 g/mol. The van der Waals surface area contributed by atoms with E-state index in [2.05, 4.69) is 4.98 Å². The molecule has 0 saturated heterocycles. The number of pyridine rings is 1. The molecule has 0 fully saturated rings. The van der Waals surface area contributed by atoms with E-state index in [-0.39, 0.29) is 6.42 Å². The third kappa shape index (κ3) is 4.56. The van der Waals surface area contributed by atoms with Gasteiger partial charge in [0, 0.05) is 6.20 Å². The maximum absolute atomic E-state index is 12.9. The standard InChI is InChI=1S/C11H15FN2O4S/c1-2-3-4-10(11(15)16)14-19(17,18)9-5-8(12)6-13-7-9/h5-7,10,14H,2-4H2,1H3,(H,15,16). The number of rotatable bonds is 7. The van der Waals surface area contributed by atoms with Crippen LogP contribution in [0.3, 0.4) is 0 Å². The average Bonchev–Trinajstić information content (AvgIpc) is 2.34. The number of nitrogens with zero attached hydrogens (tertiary/aromatic N) is 1. The van der Waals surface area contributed by atoms with Crippen molar-refractivity contribution < 1.29 is 22.7 Å². The molecule has 0 aliphatic carbocycles. The number of carbonyl (C=O) groups is 1. The molecule has 1 aromatic rings. The van der Waals surface area contributed by atoms with E-state index in [0.29, 0.717) is 6.42 Å². The van der Waals surface area contributed by atoms with Gasteiger partial charge in [-0.25, -0.2) is 12.8 Å². The fourth-order valence-corrected chi connectivity index (χ4v) is 2.63. The van der Waals surface area contributed by atoms with E-state index < -0.39 is 32.7 Å². The zero-order chi connectivity index (χ0) is 14.5. The number of hydrogen-bond donors (Lipinski definition) is 2. The number of nitrogens with one attached hydrogen (secondary N) is 1. The minimum atomic E-state index is -4.09. The van der Waals surface area contributed by atoms with Gasteiger partial charge in [-0.3, -0.25) is 9.78 Å². The van der Waals surface area contributed by atoms with Crippen molar-refractivity contribution >= 4 is 16.0 Å². The smallest absolute Gasteiger partial charge is 0.321 e. The van der Waals surface area contributed by atoms with Gasteiger partial charge in [0.1, 0.15) is 16.8 Å². The SMILES string of the molecule is CCCCC(NS(=O)(=O)c1cncc(F)c1)C(=O)O. The van der Waals surface area contributed by atoms with Crippen LogP contribution in [-0.2, 0) is 14.8 Å². The Kier molecular flexibility index (Phi) is 5.37. The number of carboxylic acids is 1. The van der Waals surface area contributed by atoms with Crippen molar-refractivity contribution in [1.82, 2.24) is 9.71 Å². The second-order valence-corrected chi connectivity index (χ2v) is 5.71. The molecular weight excluding hydrogens is 275 g/mol. The van der Waals surface area contributed by atoms with Crippen LogP contribution in [-0.4, -0.2) is 30.5 Å². The molecule has 2 N–H and O–H groups in total. The minimum Gasteiger partial charge on any atom is -0.480 e. The Balaban J connectivity index is 2.91. The molecule has 1 aromatic heterocycles. The number of halogens is 1. The van der Waals surface area contributed by atoms with Crippen molar-refractivity contribution in [1.29, 1.82) is 0 Å². The van der Waals surface area contributed by atoms with Crippen molar-refractivity contribution in [2.75, 3.05) is 0 Å². The van der Waals surface area contributed by atoms with Crippen molar-refractivity contribution in [2.45, 2.75) is 37.1 Å². The van der Waals surface area contributed by atoms with Gasteiger partial charge in [0.15, 0.2) is 0 Å². The first-order chi connectivity index (χ1) is 8.86. The lowest BCUT2D eigenvalue weighted by Crippen LogP contribution is -2.40. The van der Waals surface area contributed by atoms with Gasteiger partial charge in [0.25, 0.3) is 0 Å². The highest BCUT2D eigenvalue weighted by atomic mass is 32.2. The molecule has 1 rings (SSSR count). The van der Waals surface area contributed by atoms with E-state index in [4.69, 9.17) is 5.11 Å². The highest BCUT2D eigenvalue weighted by molar-refractivity contribution is 7.89. The number of aliphatic carboxylic acids is 1. The number of sulfonamides is 1. The third-order valence-corrected chi connectivity index (χ3v) is 3.87. The van der Waals surface area contributed by atoms with E-state index in [1.54, 1.807) is 0 Å². The first-order valence-electron chi connectivity index (χ1n) is 5.72. The highest BCUT2D eigenvalue weighted by Crippen LogP contribution is 2.11. The molecule has 19 heavy (non-hydrogen) atoms. The maximum Gasteiger partial charge on any atom is 0.321 e. The lowest BCUT2D eigenvalue weighted by molar-refractivity contribution is -0.139. The van der Waals surface area contributed by atoms with Crippen molar-refractivity contribution in [3.63, 3.8) is 0 Å². The van der Waals surface area contributed by atoms with Gasteiger partial charge >= 0.3 is 5.97 Å². The number of unbranched alkanes of at least 4 members (excludes halogenated alkanes) is 1. The fourth-order valence-electron chi connectivity index (χ4n) is 1.44. The Morgan fingerprint density at radius 3 is 2.74 bits per heavy atom. The summed E-state index contributed by atoms with van der Waals surface area (Å²) < 4.78 is 38.7. The molecule has 1 unspecified atom stereocenters. The summed E-state index contributed by atoms with van der Waals surface area (Å²) in [6, 6.07) is -0.443. The predicted molar refractivity (Wildman–Crippen MR) is 65.5 cm³/mol. The van der Waals surface area contributed by atoms with Gasteiger partial charge in [-0.15, -0.1) is 0 Å². The summed E-state index contributed by atoms with van der Waals surface area (Å²) >= 11 is 0. The first-order valence-corrected chi connectivity index (χ1v) is 7.21. The van der Waals surface area contributed by atoms with E-state index >= 15 is 0 Å². The van der Waals surface area contributed by atoms with Gasteiger partial charge in [0.05, 0.1) is 6.20 Å². The topological polar surface area (TPSA) is 96.4 Å². The fraction of sp³-hybridized carbons (Fsp3) is 0.455. The molecular formula is C11H15FN2O4S. The lowest BCUT2D eigenvalue weighted by Gasteiger charge is -2.14. The zero-order valence-electron chi connectivity index (χ0n) is 10.3. The molecule has 106 valence electrons. The van der Waals surface area contributed by atoms with Crippen LogP contribution in [0.4, 0.5) is 4.39 Å². The molecule has 0 amide bonds. The molecule has 8 heteroatoms. The third-order valence-electron chi connectivity index (χ3n) is 2.43. The van der Waals surface area contributed by atoms with E-state index in [1.807, 2.05) is 11.6 Å². The molecule has 1 atom stereocenters. The van der Waals surface area contributed by atoms with Gasteiger partial charge in [-0.1, -0.05) is 19.8 Å². The summed E-state index contributed by atoms with van der Waals surface area (Å²) in [7, 11) is -4.09. The summed E-state index contributed by atoms with van der Waals surface area (Å²) in [5.74, 6) is -2.07. The van der Waals surface area contributed by atoms with Crippen molar-refractivity contribution in [3.8, 4) is 0 Å². The van der Waals surface area contributed by atoms with Gasteiger partial charge in [0.2, 0.25) is 10.0 Å². The van der Waals surface area contributed by atoms with E-state index in [9.17, 15) is 17.6 Å². The lowest BCUT2D eigenvalue weighted by atomic mass is 10.1. The summed E-state index contributed by atoms with van der Waals surface area (Å²) in [4.78, 5) is 14.0. The largest absolute Gasteiger partial charge is 0.480 e. The molecule has 0 aliphatic heterocycles. The Labute approximate surface area is 110 Å². The van der Waals surface area contributed by atoms with E-state index in [0.717, 1.165) is 24.9 Å². The summed E-state index contributed by atoms with van der Waals surface area (Å²) in [6.07, 6.45) is 3.32. The Morgan fingerprint density at radius 2 is 2.21 bits per heavy atom. The van der Waals surface area contributed by atoms with Crippen LogP contribution >= 0.6 is 0 Å². The molecule has 0 aliphatic rings. The molecule has 0 radical (unpaired) electrons. The van der Waals surface area contributed by atoms with Gasteiger partial charge < -0.3 is 5.11 Å². The normalized spacial score (nSPS) is 13.2. The molecule has 0 saturated carbocycles. The van der Waals surface area contributed by atoms with Crippen LogP contribution in [0.5, 0.6) is 0 Å². The molecule has 1 heterocycles. The molecule has 0 spiro atoms. The van der Waals surface area contributed by atoms with Crippen LogP contribution < -0.4 is 4.72 Å². The summed E-state index contributed by atoms with van der Waals surface area (Å²) in [6.45, 7) is 1.86. The van der Waals surface area contributed by atoms with Crippen molar-refractivity contribution in [2.24, 2.45) is 0 Å². The molecule has 0 aromatic carbocycles. The molecule has 6 nitrogen and oxygen atoms in total. The number of hydrogen-bond acceptors (Lipinski definition) is 4. The number of aromatic nitrogens is 1.